The van der Waals surface area contributed by atoms with Crippen molar-refractivity contribution in [2.45, 2.75) is 56.1 Å². The van der Waals surface area contributed by atoms with Gasteiger partial charge in [-0.15, -0.1) is 6.42 Å². The van der Waals surface area contributed by atoms with Crippen molar-refractivity contribution in [3.8, 4) is 12.3 Å². The maximum Gasteiger partial charge on any atom is 0.313 e. The number of sulfonamides is 1. The fourth-order valence-corrected chi connectivity index (χ4v) is 6.27. The van der Waals surface area contributed by atoms with Crippen LogP contribution in [0.5, 0.6) is 0 Å². The van der Waals surface area contributed by atoms with Crippen LogP contribution >= 0.6 is 23.2 Å². The van der Waals surface area contributed by atoms with Crippen LogP contribution in [0.1, 0.15) is 53.9 Å². The number of nitrogens with one attached hydrogen (secondary N) is 1. The van der Waals surface area contributed by atoms with Crippen molar-refractivity contribution in [3.05, 3.63) is 57.6 Å². The van der Waals surface area contributed by atoms with E-state index < -0.39 is 40.0 Å². The molecule has 34 heavy (non-hydrogen) atoms. The molecule has 1 aromatic rings. The fraction of sp³-hybridized carbons (Fsp3) is 0.417. The molecule has 1 aliphatic heterocycles. The number of nitrogens with zero attached hydrogens (tertiary/aromatic N) is 1. The van der Waals surface area contributed by atoms with Crippen molar-refractivity contribution in [1.82, 2.24) is 9.62 Å². The van der Waals surface area contributed by atoms with Crippen molar-refractivity contribution in [1.29, 1.82) is 0 Å². The molecule has 2 aliphatic rings. The fourth-order valence-electron chi connectivity index (χ4n) is 4.92. The van der Waals surface area contributed by atoms with Gasteiger partial charge in [0.05, 0.1) is 17.3 Å². The highest BCUT2D eigenvalue weighted by atomic mass is 35.5. The van der Waals surface area contributed by atoms with Gasteiger partial charge < -0.3 is 10.0 Å². The number of halogens is 2. The molecule has 0 saturated heterocycles. The van der Waals surface area contributed by atoms with Crippen LogP contribution in [-0.2, 0) is 14.8 Å². The summed E-state index contributed by atoms with van der Waals surface area (Å²) in [6.07, 6.45) is 11.7. The van der Waals surface area contributed by atoms with E-state index in [1.54, 1.807) is 24.3 Å². The summed E-state index contributed by atoms with van der Waals surface area (Å²) in [6.45, 7) is 0. The van der Waals surface area contributed by atoms with Gasteiger partial charge in [-0.25, -0.2) is 13.1 Å². The van der Waals surface area contributed by atoms with E-state index in [4.69, 9.17) is 29.6 Å². The maximum atomic E-state index is 13.7. The molecule has 7 nitrogen and oxygen atoms in total. The van der Waals surface area contributed by atoms with Crippen molar-refractivity contribution in [3.63, 3.8) is 0 Å². The molecule has 1 fully saturated rings. The number of carboxylic acid groups (broad SMARTS) is 1. The lowest BCUT2D eigenvalue weighted by molar-refractivity contribution is -0.140. The van der Waals surface area contributed by atoms with Crippen LogP contribution in [0.4, 0.5) is 0 Å². The van der Waals surface area contributed by atoms with Gasteiger partial charge in [-0.2, -0.15) is 0 Å². The lowest BCUT2D eigenvalue weighted by atomic mass is 9.78. The van der Waals surface area contributed by atoms with E-state index in [2.05, 4.69) is 10.6 Å². The number of terminal acetylenes is 1. The Morgan fingerprint density at radius 3 is 2.62 bits per heavy atom. The molecule has 1 heterocycles. The Kier molecular flexibility index (Phi) is 8.47. The number of carboxylic acids is 1. The summed E-state index contributed by atoms with van der Waals surface area (Å²) in [5, 5.41) is 10.6. The van der Waals surface area contributed by atoms with E-state index in [0.717, 1.165) is 19.1 Å². The van der Waals surface area contributed by atoms with E-state index in [9.17, 15) is 23.1 Å². The topological polar surface area (TPSA) is 104 Å². The quantitative estimate of drug-likeness (QED) is 0.416. The number of benzene rings is 1. The first-order chi connectivity index (χ1) is 16.0. The Morgan fingerprint density at radius 1 is 1.29 bits per heavy atom. The number of rotatable bonds is 7. The van der Waals surface area contributed by atoms with E-state index in [1.807, 2.05) is 0 Å². The number of hydrogen-bond donors (Lipinski definition) is 2. The third-order valence-electron chi connectivity index (χ3n) is 6.14. The summed E-state index contributed by atoms with van der Waals surface area (Å²) in [5.41, 5.74) is 0.694. The Labute approximate surface area is 209 Å². The smallest absolute Gasteiger partial charge is 0.313 e. The molecular weight excluding hydrogens is 499 g/mol. The van der Waals surface area contributed by atoms with Crippen LogP contribution in [0, 0.1) is 12.3 Å². The first-order valence-electron chi connectivity index (χ1n) is 10.8. The Morgan fingerprint density at radius 2 is 1.97 bits per heavy atom. The van der Waals surface area contributed by atoms with Crippen LogP contribution in [0.15, 0.2) is 46.5 Å². The molecule has 3 rings (SSSR count). The van der Waals surface area contributed by atoms with E-state index in [1.165, 1.54) is 17.1 Å². The molecule has 0 bridgehead atoms. The number of hydrogen-bond acceptors (Lipinski definition) is 4. The average molecular weight is 525 g/mol. The highest BCUT2D eigenvalue weighted by Gasteiger charge is 2.48. The standard InChI is InChI=1S/C24H26Cl2N2O5S/c1-3-8-15(25)13-16(26)14-21-22(24(30)31)17-9-4-5-10-18(17)23(29)28(21)20-12-7-6-11-19(20)27-34(2,32)33/h1,4-5,8-10,13,19-22,27H,6-7,11-12,14H2,2H3,(H,30,31)/b15-8+,16-13+/t19-,20-,21-,22+/m0/s1. The second kappa shape index (κ2) is 11.0. The van der Waals surface area contributed by atoms with E-state index in [-0.39, 0.29) is 22.4 Å². The predicted molar refractivity (Wildman–Crippen MR) is 132 cm³/mol. The monoisotopic (exact) mass is 524 g/mol. The van der Waals surface area contributed by atoms with Crippen LogP contribution in [-0.4, -0.2) is 54.7 Å². The van der Waals surface area contributed by atoms with Crippen molar-refractivity contribution < 1.29 is 23.1 Å². The number of carbonyl (C=O) groups is 2. The second-order valence-electron chi connectivity index (χ2n) is 8.52. The first kappa shape index (κ1) is 26.3. The summed E-state index contributed by atoms with van der Waals surface area (Å²) >= 11 is 12.5. The van der Waals surface area contributed by atoms with Gasteiger partial charge in [0.1, 0.15) is 5.92 Å². The molecule has 1 aromatic carbocycles. The number of aliphatic carboxylic acids is 1. The van der Waals surface area contributed by atoms with Gasteiger partial charge in [-0.05, 0) is 30.5 Å². The zero-order chi connectivity index (χ0) is 25.0. The molecule has 1 saturated carbocycles. The highest BCUT2D eigenvalue weighted by molar-refractivity contribution is 7.88. The number of carbonyl (C=O) groups excluding carboxylic acids is 1. The average Bonchev–Trinajstić information content (AvgIpc) is 2.73. The Bertz CT molecular complexity index is 1170. The lowest BCUT2D eigenvalue weighted by Gasteiger charge is -2.48. The zero-order valence-electron chi connectivity index (χ0n) is 18.6. The summed E-state index contributed by atoms with van der Waals surface area (Å²) in [5.74, 6) is -0.223. The first-order valence-corrected chi connectivity index (χ1v) is 13.5. The molecule has 4 atom stereocenters. The van der Waals surface area contributed by atoms with Crippen LogP contribution in [0.3, 0.4) is 0 Å². The zero-order valence-corrected chi connectivity index (χ0v) is 20.9. The van der Waals surface area contributed by atoms with Gasteiger partial charge in [0.2, 0.25) is 10.0 Å². The molecule has 0 spiro atoms. The summed E-state index contributed by atoms with van der Waals surface area (Å²) in [7, 11) is -3.55. The Balaban J connectivity index is 2.13. The molecular formula is C24H26Cl2N2O5S. The van der Waals surface area contributed by atoms with Gasteiger partial charge in [-0.1, -0.05) is 60.2 Å². The third kappa shape index (κ3) is 6.02. The molecule has 0 unspecified atom stereocenters. The normalized spacial score (nSPS) is 26.1. The van der Waals surface area contributed by atoms with Gasteiger partial charge in [-0.3, -0.25) is 9.59 Å². The van der Waals surface area contributed by atoms with Gasteiger partial charge in [0, 0.05) is 35.2 Å². The minimum atomic E-state index is -3.55. The summed E-state index contributed by atoms with van der Waals surface area (Å²) in [4.78, 5) is 27.8. The number of fused-ring (bicyclic) bond motifs is 1. The van der Waals surface area contributed by atoms with Crippen molar-refractivity contribution in [2.24, 2.45) is 0 Å². The SMILES string of the molecule is C#C/C=C(Cl)\C=C(\Cl)C[C@H]1[C@H](C(=O)O)c2ccccc2C(=O)N1[C@H]1CCCC[C@@H]1NS(C)(=O)=O. The minimum Gasteiger partial charge on any atom is -0.481 e. The molecule has 182 valence electrons. The predicted octanol–water partition coefficient (Wildman–Crippen LogP) is 3.81. The molecule has 0 aromatic heterocycles. The van der Waals surface area contributed by atoms with Gasteiger partial charge >= 0.3 is 5.97 Å². The molecule has 10 heteroatoms. The molecule has 1 aliphatic carbocycles. The minimum absolute atomic E-state index is 0.00925. The maximum absolute atomic E-state index is 13.7. The summed E-state index contributed by atoms with van der Waals surface area (Å²) < 4.78 is 26.7. The largest absolute Gasteiger partial charge is 0.481 e. The van der Waals surface area contributed by atoms with Crippen molar-refractivity contribution in [2.75, 3.05) is 6.26 Å². The van der Waals surface area contributed by atoms with Crippen LogP contribution in [0.25, 0.3) is 0 Å². The van der Waals surface area contributed by atoms with Gasteiger partial charge in [0.15, 0.2) is 0 Å². The van der Waals surface area contributed by atoms with Gasteiger partial charge in [0.25, 0.3) is 5.91 Å². The number of amides is 1. The highest BCUT2D eigenvalue weighted by Crippen LogP contribution is 2.41. The van der Waals surface area contributed by atoms with Crippen LogP contribution in [0.2, 0.25) is 0 Å². The molecule has 1 amide bonds. The number of allylic oxidation sites excluding steroid dienone is 3. The van der Waals surface area contributed by atoms with Crippen LogP contribution < -0.4 is 4.72 Å². The lowest BCUT2D eigenvalue weighted by Crippen LogP contribution is -2.61. The third-order valence-corrected chi connectivity index (χ3v) is 7.35. The van der Waals surface area contributed by atoms with E-state index >= 15 is 0 Å². The van der Waals surface area contributed by atoms with Crippen molar-refractivity contribution >= 4 is 45.1 Å². The second-order valence-corrected chi connectivity index (χ2v) is 11.2. The van der Waals surface area contributed by atoms with E-state index in [0.29, 0.717) is 24.0 Å². The Hall–Kier alpha value is -2.31. The molecule has 2 N–H and O–H groups in total. The summed E-state index contributed by atoms with van der Waals surface area (Å²) in [6, 6.07) is 4.67. The molecule has 0 radical (unpaired) electrons.